The van der Waals surface area contributed by atoms with Crippen molar-refractivity contribution in [3.05, 3.63) is 68.7 Å². The van der Waals surface area contributed by atoms with Crippen molar-refractivity contribution in [3.63, 3.8) is 0 Å². The van der Waals surface area contributed by atoms with Crippen LogP contribution >= 0.6 is 34.8 Å². The van der Waals surface area contributed by atoms with Gasteiger partial charge in [0, 0.05) is 10.0 Å². The van der Waals surface area contributed by atoms with Crippen molar-refractivity contribution >= 4 is 46.9 Å². The molecule has 0 aromatic heterocycles. The van der Waals surface area contributed by atoms with Crippen LogP contribution in [0.5, 0.6) is 0 Å². The van der Waals surface area contributed by atoms with Crippen LogP contribution in [0.2, 0.25) is 15.1 Å². The fourth-order valence-corrected chi connectivity index (χ4v) is 2.18. The molecule has 0 saturated carbocycles. The van der Waals surface area contributed by atoms with Crippen molar-refractivity contribution in [3.8, 4) is 0 Å². The fraction of sp³-hybridized carbons (Fsp3) is 0. The second kappa shape index (κ2) is 6.75. The van der Waals surface area contributed by atoms with Gasteiger partial charge in [0.05, 0.1) is 16.8 Å². The van der Waals surface area contributed by atoms with E-state index >= 15 is 0 Å². The first kappa shape index (κ1) is 14.9. The minimum atomic E-state index is -0.412. The number of nitrogens with one attached hydrogen (secondary N) is 1. The van der Waals surface area contributed by atoms with Crippen molar-refractivity contribution in [1.29, 1.82) is 0 Å². The highest BCUT2D eigenvalue weighted by atomic mass is 35.5. The third-order valence-electron chi connectivity index (χ3n) is 2.40. The second-order valence-electron chi connectivity index (χ2n) is 3.88. The molecule has 2 aromatic rings. The van der Waals surface area contributed by atoms with Crippen molar-refractivity contribution in [1.82, 2.24) is 5.43 Å². The van der Waals surface area contributed by atoms with Gasteiger partial charge in [-0.25, -0.2) is 5.43 Å². The Labute approximate surface area is 131 Å². The molecule has 6 heteroatoms. The predicted molar refractivity (Wildman–Crippen MR) is 83.0 cm³/mol. The van der Waals surface area contributed by atoms with E-state index in [9.17, 15) is 4.79 Å². The van der Waals surface area contributed by atoms with Gasteiger partial charge in [0.1, 0.15) is 0 Å². The number of carbonyl (C=O) groups is 1. The molecule has 2 aromatic carbocycles. The molecule has 2 rings (SSSR count). The Morgan fingerprint density at radius 3 is 2.50 bits per heavy atom. The first-order valence-electron chi connectivity index (χ1n) is 5.60. The number of nitrogens with zero attached hydrogens (tertiary/aromatic N) is 1. The maximum absolute atomic E-state index is 11.9. The molecule has 1 amide bonds. The number of amides is 1. The molecule has 0 atom stereocenters. The highest BCUT2D eigenvalue weighted by Gasteiger charge is 2.09. The molecule has 0 bridgehead atoms. The normalized spacial score (nSPS) is 10.8. The minimum Gasteiger partial charge on any atom is -0.267 e. The summed E-state index contributed by atoms with van der Waals surface area (Å²) in [6.07, 6.45) is 1.49. The van der Waals surface area contributed by atoms with Gasteiger partial charge in [0.2, 0.25) is 0 Å². The molecule has 0 fully saturated rings. The Morgan fingerprint density at radius 1 is 1.05 bits per heavy atom. The Balaban J connectivity index is 2.05. The van der Waals surface area contributed by atoms with E-state index in [1.165, 1.54) is 18.3 Å². The van der Waals surface area contributed by atoms with Gasteiger partial charge in [-0.15, -0.1) is 0 Å². The lowest BCUT2D eigenvalue weighted by molar-refractivity contribution is 0.0955. The molecule has 102 valence electrons. The Hall–Kier alpha value is -1.55. The molecular weight excluding hydrogens is 319 g/mol. The average Bonchev–Trinajstić information content (AvgIpc) is 2.38. The van der Waals surface area contributed by atoms with Gasteiger partial charge in [0.15, 0.2) is 0 Å². The summed E-state index contributed by atoms with van der Waals surface area (Å²) in [5, 5.41) is 5.18. The summed E-state index contributed by atoms with van der Waals surface area (Å²) < 4.78 is 0. The zero-order valence-corrected chi connectivity index (χ0v) is 12.4. The van der Waals surface area contributed by atoms with Crippen LogP contribution in [0, 0.1) is 0 Å². The van der Waals surface area contributed by atoms with Crippen LogP contribution in [-0.4, -0.2) is 12.1 Å². The predicted octanol–water partition coefficient (Wildman–Crippen LogP) is 4.41. The van der Waals surface area contributed by atoms with Crippen molar-refractivity contribution in [2.75, 3.05) is 0 Å². The minimum absolute atomic E-state index is 0.271. The first-order valence-corrected chi connectivity index (χ1v) is 6.73. The smallest absolute Gasteiger partial charge is 0.267 e. The van der Waals surface area contributed by atoms with Crippen molar-refractivity contribution < 1.29 is 4.79 Å². The van der Waals surface area contributed by atoms with E-state index in [2.05, 4.69) is 10.5 Å². The standard InChI is InChI=1S/C14H9Cl3N2O/c15-10-3-1-2-9(6-10)8-18-19-14(20)12-5-4-11(16)7-13(12)17/h1-8H,(H,19,20)/b18-8-. The summed E-state index contributed by atoms with van der Waals surface area (Å²) in [4.78, 5) is 11.9. The first-order chi connectivity index (χ1) is 9.56. The van der Waals surface area contributed by atoms with Crippen LogP contribution in [0.4, 0.5) is 0 Å². The summed E-state index contributed by atoms with van der Waals surface area (Å²) in [6.45, 7) is 0. The van der Waals surface area contributed by atoms with Gasteiger partial charge in [0.25, 0.3) is 5.91 Å². The number of halogens is 3. The Bertz CT molecular complexity index is 671. The third-order valence-corrected chi connectivity index (χ3v) is 3.19. The Morgan fingerprint density at radius 2 is 1.80 bits per heavy atom. The van der Waals surface area contributed by atoms with Crippen LogP contribution < -0.4 is 5.43 Å². The lowest BCUT2D eigenvalue weighted by Gasteiger charge is -2.02. The molecule has 0 aliphatic rings. The van der Waals surface area contributed by atoms with Gasteiger partial charge in [-0.3, -0.25) is 4.79 Å². The molecule has 0 unspecified atom stereocenters. The fourth-order valence-electron chi connectivity index (χ4n) is 1.49. The van der Waals surface area contributed by atoms with Crippen LogP contribution in [0.1, 0.15) is 15.9 Å². The number of hydrazone groups is 1. The largest absolute Gasteiger partial charge is 0.272 e. The molecule has 20 heavy (non-hydrogen) atoms. The van der Waals surface area contributed by atoms with Gasteiger partial charge >= 0.3 is 0 Å². The van der Waals surface area contributed by atoms with Crippen LogP contribution in [-0.2, 0) is 0 Å². The van der Waals surface area contributed by atoms with E-state index < -0.39 is 5.91 Å². The topological polar surface area (TPSA) is 41.5 Å². The average molecular weight is 328 g/mol. The molecule has 3 nitrogen and oxygen atoms in total. The van der Waals surface area contributed by atoms with Crippen LogP contribution in [0.15, 0.2) is 47.6 Å². The van der Waals surface area contributed by atoms with Crippen molar-refractivity contribution in [2.24, 2.45) is 5.10 Å². The second-order valence-corrected chi connectivity index (χ2v) is 5.16. The van der Waals surface area contributed by atoms with Gasteiger partial charge in [-0.1, -0.05) is 46.9 Å². The van der Waals surface area contributed by atoms with E-state index in [1.807, 2.05) is 6.07 Å². The molecule has 0 aliphatic heterocycles. The van der Waals surface area contributed by atoms with Crippen LogP contribution in [0.3, 0.4) is 0 Å². The molecule has 0 spiro atoms. The lowest BCUT2D eigenvalue weighted by atomic mass is 10.2. The maximum Gasteiger partial charge on any atom is 0.272 e. The lowest BCUT2D eigenvalue weighted by Crippen LogP contribution is -2.18. The van der Waals surface area contributed by atoms with Gasteiger partial charge < -0.3 is 0 Å². The highest BCUT2D eigenvalue weighted by Crippen LogP contribution is 2.20. The molecule has 0 radical (unpaired) electrons. The summed E-state index contributed by atoms with van der Waals surface area (Å²) in [5.41, 5.74) is 3.47. The van der Waals surface area contributed by atoms with Gasteiger partial charge in [-0.05, 0) is 35.9 Å². The number of benzene rings is 2. The molecule has 0 saturated heterocycles. The number of hydrogen-bond acceptors (Lipinski definition) is 2. The summed E-state index contributed by atoms with van der Waals surface area (Å²) in [7, 11) is 0. The van der Waals surface area contributed by atoms with E-state index in [4.69, 9.17) is 34.8 Å². The molecule has 0 aliphatic carbocycles. The monoisotopic (exact) mass is 326 g/mol. The van der Waals surface area contributed by atoms with E-state index in [1.54, 1.807) is 24.3 Å². The SMILES string of the molecule is O=C(N/N=C\c1cccc(Cl)c1)c1ccc(Cl)cc1Cl. The Kier molecular flexibility index (Phi) is 5.01. The highest BCUT2D eigenvalue weighted by molar-refractivity contribution is 6.36. The van der Waals surface area contributed by atoms with E-state index in [0.29, 0.717) is 15.6 Å². The van der Waals surface area contributed by atoms with Gasteiger partial charge in [-0.2, -0.15) is 5.10 Å². The molecule has 0 heterocycles. The van der Waals surface area contributed by atoms with Crippen molar-refractivity contribution in [2.45, 2.75) is 0 Å². The van der Waals surface area contributed by atoms with E-state index in [0.717, 1.165) is 5.56 Å². The molecule has 1 N–H and O–H groups in total. The quantitative estimate of drug-likeness (QED) is 0.658. The summed E-state index contributed by atoms with van der Waals surface area (Å²) in [5.74, 6) is -0.412. The number of rotatable bonds is 3. The maximum atomic E-state index is 11.9. The van der Waals surface area contributed by atoms with E-state index in [-0.39, 0.29) is 5.02 Å². The molecular formula is C14H9Cl3N2O. The third kappa shape index (κ3) is 3.97. The summed E-state index contributed by atoms with van der Waals surface area (Å²) in [6, 6.07) is 11.7. The van der Waals surface area contributed by atoms with Crippen LogP contribution in [0.25, 0.3) is 0 Å². The number of carbonyl (C=O) groups excluding carboxylic acids is 1. The zero-order chi connectivity index (χ0) is 14.5. The number of hydrogen-bond donors (Lipinski definition) is 1. The zero-order valence-electron chi connectivity index (χ0n) is 10.1. The summed E-state index contributed by atoms with van der Waals surface area (Å²) >= 11 is 17.5.